The number of carbonyl (C=O) groups is 2. The standard InChI is InChI=1S/C20H22ClNO4/c1-12-16(21)9-14(10-17(12)26-11-20(2,3)4)18(23)22-15-7-5-13(6-8-15)19(24)25/h5-10H,11H2,1-4H3,(H,22,23)(H,24,25). The average Bonchev–Trinajstić information content (AvgIpc) is 2.55. The van der Waals surface area contributed by atoms with Gasteiger partial charge < -0.3 is 15.2 Å². The van der Waals surface area contributed by atoms with Gasteiger partial charge in [0.1, 0.15) is 5.75 Å². The van der Waals surface area contributed by atoms with E-state index in [-0.39, 0.29) is 16.9 Å². The van der Waals surface area contributed by atoms with Crippen LogP contribution in [0.15, 0.2) is 36.4 Å². The van der Waals surface area contributed by atoms with Gasteiger partial charge in [0.2, 0.25) is 0 Å². The molecule has 2 N–H and O–H groups in total. The molecule has 0 aliphatic heterocycles. The monoisotopic (exact) mass is 375 g/mol. The number of aromatic carboxylic acids is 1. The first-order valence-corrected chi connectivity index (χ1v) is 8.52. The molecule has 0 atom stereocenters. The van der Waals surface area contributed by atoms with Crippen LogP contribution in [0.5, 0.6) is 5.75 Å². The van der Waals surface area contributed by atoms with Crippen molar-refractivity contribution in [1.82, 2.24) is 0 Å². The zero-order valence-electron chi connectivity index (χ0n) is 15.2. The molecule has 0 fully saturated rings. The molecule has 5 nitrogen and oxygen atoms in total. The maximum absolute atomic E-state index is 12.5. The number of halogens is 1. The SMILES string of the molecule is Cc1c(Cl)cc(C(=O)Nc2ccc(C(=O)O)cc2)cc1OCC(C)(C)C. The molecule has 0 bridgehead atoms. The number of hydrogen-bond acceptors (Lipinski definition) is 3. The van der Waals surface area contributed by atoms with E-state index in [1.165, 1.54) is 24.3 Å². The summed E-state index contributed by atoms with van der Waals surface area (Å²) in [6.07, 6.45) is 0. The average molecular weight is 376 g/mol. The van der Waals surface area contributed by atoms with Crippen LogP contribution in [0, 0.1) is 12.3 Å². The summed E-state index contributed by atoms with van der Waals surface area (Å²) in [7, 11) is 0. The summed E-state index contributed by atoms with van der Waals surface area (Å²) < 4.78 is 5.84. The van der Waals surface area contributed by atoms with Gasteiger partial charge in [-0.15, -0.1) is 0 Å². The largest absolute Gasteiger partial charge is 0.493 e. The van der Waals surface area contributed by atoms with Crippen molar-refractivity contribution in [2.45, 2.75) is 27.7 Å². The second-order valence-electron chi connectivity index (χ2n) is 7.27. The number of carbonyl (C=O) groups excluding carboxylic acids is 1. The molecule has 0 unspecified atom stereocenters. The first-order valence-electron chi connectivity index (χ1n) is 8.14. The van der Waals surface area contributed by atoms with Crippen LogP contribution in [0.4, 0.5) is 5.69 Å². The molecule has 0 saturated heterocycles. The molecule has 0 heterocycles. The highest BCUT2D eigenvalue weighted by Crippen LogP contribution is 2.29. The molecule has 2 rings (SSSR count). The summed E-state index contributed by atoms with van der Waals surface area (Å²) >= 11 is 6.25. The first kappa shape index (κ1) is 19.8. The molecule has 0 radical (unpaired) electrons. The lowest BCUT2D eigenvalue weighted by atomic mass is 9.98. The number of hydrogen-bond donors (Lipinski definition) is 2. The maximum atomic E-state index is 12.5. The van der Waals surface area contributed by atoms with Crippen LogP contribution in [0.2, 0.25) is 5.02 Å². The second kappa shape index (κ2) is 7.79. The molecule has 0 saturated carbocycles. The lowest BCUT2D eigenvalue weighted by Gasteiger charge is -2.20. The van der Waals surface area contributed by atoms with Crippen LogP contribution in [0.3, 0.4) is 0 Å². The van der Waals surface area contributed by atoms with E-state index in [9.17, 15) is 9.59 Å². The van der Waals surface area contributed by atoms with Crippen molar-refractivity contribution < 1.29 is 19.4 Å². The van der Waals surface area contributed by atoms with E-state index < -0.39 is 5.97 Å². The molecule has 0 aliphatic carbocycles. The van der Waals surface area contributed by atoms with Crippen LogP contribution in [0.25, 0.3) is 0 Å². The number of nitrogens with one attached hydrogen (secondary N) is 1. The number of carboxylic acid groups (broad SMARTS) is 1. The van der Waals surface area contributed by atoms with Crippen molar-refractivity contribution in [3.8, 4) is 5.75 Å². The van der Waals surface area contributed by atoms with Gasteiger partial charge in [0.15, 0.2) is 0 Å². The molecular formula is C20H22ClNO4. The quantitative estimate of drug-likeness (QED) is 0.769. The highest BCUT2D eigenvalue weighted by molar-refractivity contribution is 6.32. The molecule has 0 spiro atoms. The van der Waals surface area contributed by atoms with E-state index in [2.05, 4.69) is 26.1 Å². The normalized spacial score (nSPS) is 11.1. The van der Waals surface area contributed by atoms with Crippen molar-refractivity contribution in [2.24, 2.45) is 5.41 Å². The Morgan fingerprint density at radius 3 is 2.27 bits per heavy atom. The predicted molar refractivity (Wildman–Crippen MR) is 102 cm³/mol. The van der Waals surface area contributed by atoms with Crippen LogP contribution in [-0.2, 0) is 0 Å². The Balaban J connectivity index is 2.20. The highest BCUT2D eigenvalue weighted by Gasteiger charge is 2.16. The number of amides is 1. The molecule has 6 heteroatoms. The van der Waals surface area contributed by atoms with Gasteiger partial charge in [0.25, 0.3) is 5.91 Å². The lowest BCUT2D eigenvalue weighted by Crippen LogP contribution is -2.18. The third kappa shape index (κ3) is 5.23. The van der Waals surface area contributed by atoms with Crippen LogP contribution >= 0.6 is 11.6 Å². The van der Waals surface area contributed by atoms with E-state index in [4.69, 9.17) is 21.4 Å². The third-order valence-corrected chi connectivity index (χ3v) is 4.00. The van der Waals surface area contributed by atoms with E-state index in [0.29, 0.717) is 28.6 Å². The molecule has 0 aliphatic rings. The number of rotatable bonds is 5. The van der Waals surface area contributed by atoms with Crippen LogP contribution in [-0.4, -0.2) is 23.6 Å². The Kier molecular flexibility index (Phi) is 5.93. The zero-order valence-corrected chi connectivity index (χ0v) is 16.0. The Hall–Kier alpha value is -2.53. The minimum Gasteiger partial charge on any atom is -0.493 e. The third-order valence-electron chi connectivity index (χ3n) is 3.61. The zero-order chi connectivity index (χ0) is 19.5. The summed E-state index contributed by atoms with van der Waals surface area (Å²) in [5.74, 6) is -0.803. The van der Waals surface area contributed by atoms with Crippen molar-refractivity contribution in [3.63, 3.8) is 0 Å². The van der Waals surface area contributed by atoms with Gasteiger partial charge in [-0.05, 0) is 48.7 Å². The predicted octanol–water partition coefficient (Wildman–Crippen LogP) is 5.02. The second-order valence-corrected chi connectivity index (χ2v) is 7.67. The summed E-state index contributed by atoms with van der Waals surface area (Å²) in [4.78, 5) is 23.4. The van der Waals surface area contributed by atoms with Gasteiger partial charge in [-0.1, -0.05) is 32.4 Å². The summed E-state index contributed by atoms with van der Waals surface area (Å²) in [6.45, 7) is 8.50. The van der Waals surface area contributed by atoms with Crippen LogP contribution in [0.1, 0.15) is 47.1 Å². The van der Waals surface area contributed by atoms with Gasteiger partial charge in [-0.2, -0.15) is 0 Å². The van der Waals surface area contributed by atoms with E-state index >= 15 is 0 Å². The van der Waals surface area contributed by atoms with Gasteiger partial charge >= 0.3 is 5.97 Å². The fraction of sp³-hybridized carbons (Fsp3) is 0.300. The van der Waals surface area contributed by atoms with Crippen molar-refractivity contribution in [1.29, 1.82) is 0 Å². The Morgan fingerprint density at radius 1 is 1.12 bits per heavy atom. The maximum Gasteiger partial charge on any atom is 0.335 e. The van der Waals surface area contributed by atoms with Crippen molar-refractivity contribution >= 4 is 29.2 Å². The van der Waals surface area contributed by atoms with Gasteiger partial charge in [-0.25, -0.2) is 4.79 Å². The van der Waals surface area contributed by atoms with Gasteiger partial charge in [0.05, 0.1) is 12.2 Å². The van der Waals surface area contributed by atoms with Gasteiger partial charge in [-0.3, -0.25) is 4.79 Å². The first-order chi connectivity index (χ1) is 12.1. The Labute approximate surface area is 157 Å². The fourth-order valence-corrected chi connectivity index (χ4v) is 2.34. The summed E-state index contributed by atoms with van der Waals surface area (Å²) in [6, 6.07) is 9.17. The van der Waals surface area contributed by atoms with E-state index in [1.54, 1.807) is 12.1 Å². The molecule has 2 aromatic carbocycles. The smallest absolute Gasteiger partial charge is 0.335 e. The topological polar surface area (TPSA) is 75.6 Å². The molecule has 2 aromatic rings. The summed E-state index contributed by atoms with van der Waals surface area (Å²) in [5.41, 5.74) is 1.77. The molecule has 0 aromatic heterocycles. The van der Waals surface area contributed by atoms with Crippen molar-refractivity contribution in [2.75, 3.05) is 11.9 Å². The number of benzene rings is 2. The Morgan fingerprint density at radius 2 is 1.73 bits per heavy atom. The minimum absolute atomic E-state index is 0.0247. The van der Waals surface area contributed by atoms with Crippen molar-refractivity contribution in [3.05, 3.63) is 58.1 Å². The number of ether oxygens (including phenoxy) is 1. The van der Waals surface area contributed by atoms with Gasteiger partial charge in [0, 0.05) is 21.8 Å². The summed E-state index contributed by atoms with van der Waals surface area (Å²) in [5, 5.41) is 12.1. The highest BCUT2D eigenvalue weighted by atomic mass is 35.5. The number of carboxylic acids is 1. The van der Waals surface area contributed by atoms with Crippen LogP contribution < -0.4 is 10.1 Å². The molecule has 138 valence electrons. The molecular weight excluding hydrogens is 354 g/mol. The number of anilines is 1. The molecule has 1 amide bonds. The van der Waals surface area contributed by atoms with E-state index in [1.807, 2.05) is 6.92 Å². The van der Waals surface area contributed by atoms with E-state index in [0.717, 1.165) is 5.56 Å². The molecule has 26 heavy (non-hydrogen) atoms. The fourth-order valence-electron chi connectivity index (χ4n) is 2.13. The minimum atomic E-state index is -1.02. The lowest BCUT2D eigenvalue weighted by molar-refractivity contribution is 0.0696. The Bertz CT molecular complexity index is 823.